The van der Waals surface area contributed by atoms with Gasteiger partial charge in [-0.05, 0) is 24.3 Å². The van der Waals surface area contributed by atoms with Crippen LogP contribution in [0, 0.1) is 0 Å². The molecule has 0 bridgehead atoms. The fraction of sp³-hybridized carbons (Fsp3) is 0.125. The van der Waals surface area contributed by atoms with Gasteiger partial charge in [-0.2, -0.15) is 0 Å². The lowest BCUT2D eigenvalue weighted by molar-refractivity contribution is 0.0986. The molecule has 1 aliphatic heterocycles. The van der Waals surface area contributed by atoms with E-state index >= 15 is 0 Å². The summed E-state index contributed by atoms with van der Waals surface area (Å²) < 4.78 is 0. The first-order valence-electron chi connectivity index (χ1n) is 6.65. The molecule has 1 N–H and O–H groups in total. The third-order valence-electron chi connectivity index (χ3n) is 3.51. The molecule has 0 aromatic heterocycles. The highest BCUT2D eigenvalue weighted by molar-refractivity contribution is 6.09. The van der Waals surface area contributed by atoms with Crippen LogP contribution in [0.5, 0.6) is 0 Å². The number of anilines is 2. The van der Waals surface area contributed by atoms with Crippen LogP contribution in [0.3, 0.4) is 0 Å². The highest BCUT2D eigenvalue weighted by atomic mass is 16.4. The molecule has 106 valence electrons. The summed E-state index contributed by atoms with van der Waals surface area (Å²) in [6, 6.07) is 16.1. The monoisotopic (exact) mass is 282 g/mol. The summed E-state index contributed by atoms with van der Waals surface area (Å²) in [5.74, 6) is -0.118. The first-order valence-corrected chi connectivity index (χ1v) is 6.65. The molecule has 21 heavy (non-hydrogen) atoms. The van der Waals surface area contributed by atoms with Crippen molar-refractivity contribution in [2.45, 2.75) is 0 Å². The van der Waals surface area contributed by atoms with Gasteiger partial charge in [0, 0.05) is 18.7 Å². The number of para-hydroxylation sites is 2. The van der Waals surface area contributed by atoms with E-state index in [1.807, 2.05) is 18.2 Å². The quantitative estimate of drug-likeness (QED) is 0.875. The maximum atomic E-state index is 12.6. The summed E-state index contributed by atoms with van der Waals surface area (Å²) in [7, 11) is 0. The molecule has 2 aromatic rings. The van der Waals surface area contributed by atoms with Crippen LogP contribution in [-0.4, -0.2) is 30.2 Å². The van der Waals surface area contributed by atoms with Crippen molar-refractivity contribution < 1.29 is 14.7 Å². The minimum Gasteiger partial charge on any atom is -0.465 e. The Morgan fingerprint density at radius 2 is 1.33 bits per heavy atom. The molecular formula is C16H14N2O3. The van der Waals surface area contributed by atoms with Crippen molar-refractivity contribution in [3.8, 4) is 0 Å². The average Bonchev–Trinajstić information content (AvgIpc) is 2.54. The van der Waals surface area contributed by atoms with E-state index < -0.39 is 6.09 Å². The zero-order chi connectivity index (χ0) is 14.8. The SMILES string of the molecule is O=C(O)N1CCN(C(=O)c2ccccc2)c2ccccc21. The topological polar surface area (TPSA) is 60.9 Å². The van der Waals surface area contributed by atoms with E-state index in [1.165, 1.54) is 4.90 Å². The molecule has 1 aliphatic rings. The standard InChI is InChI=1S/C16H14N2O3/c19-15(12-6-2-1-3-7-12)17-10-11-18(16(20)21)14-9-5-4-8-13(14)17/h1-9H,10-11H2,(H,20,21). The van der Waals surface area contributed by atoms with Crippen LogP contribution >= 0.6 is 0 Å². The Kier molecular flexibility index (Phi) is 3.31. The molecule has 0 fully saturated rings. The maximum Gasteiger partial charge on any atom is 0.411 e. The smallest absolute Gasteiger partial charge is 0.411 e. The summed E-state index contributed by atoms with van der Waals surface area (Å²) in [5, 5.41) is 9.25. The van der Waals surface area contributed by atoms with Gasteiger partial charge in [0.15, 0.2) is 0 Å². The van der Waals surface area contributed by atoms with Crippen LogP contribution in [0.25, 0.3) is 0 Å². The highest BCUT2D eigenvalue weighted by Gasteiger charge is 2.29. The van der Waals surface area contributed by atoms with Gasteiger partial charge in [0.05, 0.1) is 11.4 Å². The molecule has 0 unspecified atom stereocenters. The van der Waals surface area contributed by atoms with E-state index in [9.17, 15) is 14.7 Å². The van der Waals surface area contributed by atoms with Crippen molar-refractivity contribution in [3.05, 3.63) is 60.2 Å². The van der Waals surface area contributed by atoms with Crippen LogP contribution in [0.1, 0.15) is 10.4 Å². The van der Waals surface area contributed by atoms with Gasteiger partial charge in [-0.1, -0.05) is 30.3 Å². The predicted octanol–water partition coefficient (Wildman–Crippen LogP) is 2.83. The minimum atomic E-state index is -1.01. The van der Waals surface area contributed by atoms with Crippen molar-refractivity contribution in [3.63, 3.8) is 0 Å². The lowest BCUT2D eigenvalue weighted by Gasteiger charge is -2.35. The first kappa shape index (κ1) is 13.2. The molecule has 0 spiro atoms. The highest BCUT2D eigenvalue weighted by Crippen LogP contribution is 2.33. The normalized spacial score (nSPS) is 13.7. The Bertz CT molecular complexity index is 685. The first-order chi connectivity index (χ1) is 10.2. The van der Waals surface area contributed by atoms with Gasteiger partial charge in [0.2, 0.25) is 0 Å². The fourth-order valence-corrected chi connectivity index (χ4v) is 2.51. The lowest BCUT2D eigenvalue weighted by Crippen LogP contribution is -2.46. The van der Waals surface area contributed by atoms with Crippen molar-refractivity contribution >= 4 is 23.4 Å². The third kappa shape index (κ3) is 2.33. The second-order valence-electron chi connectivity index (χ2n) is 4.75. The molecular weight excluding hydrogens is 268 g/mol. The van der Waals surface area contributed by atoms with Crippen LogP contribution in [0.2, 0.25) is 0 Å². The predicted molar refractivity (Wildman–Crippen MR) is 79.9 cm³/mol. The molecule has 3 rings (SSSR count). The molecule has 1 heterocycles. The molecule has 0 saturated carbocycles. The van der Waals surface area contributed by atoms with Gasteiger partial charge in [0.25, 0.3) is 5.91 Å². The molecule has 0 radical (unpaired) electrons. The van der Waals surface area contributed by atoms with E-state index in [4.69, 9.17) is 0 Å². The summed E-state index contributed by atoms with van der Waals surface area (Å²) >= 11 is 0. The van der Waals surface area contributed by atoms with E-state index in [2.05, 4.69) is 0 Å². The second-order valence-corrected chi connectivity index (χ2v) is 4.75. The number of carbonyl (C=O) groups excluding carboxylic acids is 1. The largest absolute Gasteiger partial charge is 0.465 e. The van der Waals surface area contributed by atoms with Crippen LogP contribution in [0.4, 0.5) is 16.2 Å². The molecule has 0 saturated heterocycles. The number of carboxylic acid groups (broad SMARTS) is 1. The number of hydrogen-bond acceptors (Lipinski definition) is 2. The van der Waals surface area contributed by atoms with Crippen LogP contribution in [-0.2, 0) is 0 Å². The summed E-state index contributed by atoms with van der Waals surface area (Å²) in [6.45, 7) is 0.613. The van der Waals surface area contributed by atoms with Crippen molar-refractivity contribution in [2.24, 2.45) is 0 Å². The Hall–Kier alpha value is -2.82. The molecule has 0 atom stereocenters. The summed E-state index contributed by atoms with van der Waals surface area (Å²) in [6.07, 6.45) is -1.01. The molecule has 5 nitrogen and oxygen atoms in total. The minimum absolute atomic E-state index is 0.118. The number of hydrogen-bond donors (Lipinski definition) is 1. The second kappa shape index (κ2) is 5.28. The zero-order valence-electron chi connectivity index (χ0n) is 11.3. The van der Waals surface area contributed by atoms with E-state index in [1.54, 1.807) is 41.3 Å². The Morgan fingerprint density at radius 1 is 0.810 bits per heavy atom. The fourth-order valence-electron chi connectivity index (χ4n) is 2.51. The number of carbonyl (C=O) groups is 2. The summed E-state index contributed by atoms with van der Waals surface area (Å²) in [4.78, 5) is 26.8. The Morgan fingerprint density at radius 3 is 1.95 bits per heavy atom. The van der Waals surface area contributed by atoms with E-state index in [0.29, 0.717) is 23.5 Å². The van der Waals surface area contributed by atoms with Crippen LogP contribution < -0.4 is 9.80 Å². The van der Waals surface area contributed by atoms with E-state index in [0.717, 1.165) is 0 Å². The van der Waals surface area contributed by atoms with Gasteiger partial charge in [0.1, 0.15) is 0 Å². The van der Waals surface area contributed by atoms with Gasteiger partial charge in [-0.15, -0.1) is 0 Å². The Balaban J connectivity index is 2.00. The Labute approximate surface area is 122 Å². The molecule has 5 heteroatoms. The van der Waals surface area contributed by atoms with Crippen molar-refractivity contribution in [1.82, 2.24) is 0 Å². The lowest BCUT2D eigenvalue weighted by atomic mass is 10.1. The van der Waals surface area contributed by atoms with Gasteiger partial charge >= 0.3 is 6.09 Å². The summed E-state index contributed by atoms with van der Waals surface area (Å²) in [5.41, 5.74) is 1.76. The number of nitrogens with zero attached hydrogens (tertiary/aromatic N) is 2. The zero-order valence-corrected chi connectivity index (χ0v) is 11.3. The van der Waals surface area contributed by atoms with Gasteiger partial charge in [-0.3, -0.25) is 9.69 Å². The number of fused-ring (bicyclic) bond motifs is 1. The van der Waals surface area contributed by atoms with Crippen LogP contribution in [0.15, 0.2) is 54.6 Å². The van der Waals surface area contributed by atoms with Gasteiger partial charge < -0.3 is 10.0 Å². The molecule has 2 amide bonds. The van der Waals surface area contributed by atoms with Gasteiger partial charge in [-0.25, -0.2) is 4.79 Å². The van der Waals surface area contributed by atoms with E-state index in [-0.39, 0.29) is 12.5 Å². The number of amides is 2. The molecule has 2 aromatic carbocycles. The van der Waals surface area contributed by atoms with Crippen molar-refractivity contribution in [2.75, 3.05) is 22.9 Å². The van der Waals surface area contributed by atoms with Crippen molar-refractivity contribution in [1.29, 1.82) is 0 Å². The number of rotatable bonds is 1. The third-order valence-corrected chi connectivity index (χ3v) is 3.51. The maximum absolute atomic E-state index is 12.6. The average molecular weight is 282 g/mol. The molecule has 0 aliphatic carbocycles. The number of benzene rings is 2.